The molecule has 0 spiro atoms. The molecule has 0 N–H and O–H groups in total. The summed E-state index contributed by atoms with van der Waals surface area (Å²) < 4.78 is 17.1. The molecular formula is C48H27N9O3. The molecule has 282 valence electrons. The van der Waals surface area contributed by atoms with Crippen LogP contribution in [0.2, 0.25) is 0 Å². The number of benzene rings is 3. The van der Waals surface area contributed by atoms with Crippen LogP contribution in [-0.4, -0.2) is 50.0 Å². The predicted molar refractivity (Wildman–Crippen MR) is 229 cm³/mol. The van der Waals surface area contributed by atoms with E-state index in [1.807, 2.05) is 116 Å². The van der Waals surface area contributed by atoms with E-state index in [0.717, 1.165) is 54.9 Å². The Labute approximate surface area is 339 Å². The van der Waals surface area contributed by atoms with Crippen LogP contribution >= 0.6 is 0 Å². The van der Waals surface area contributed by atoms with Gasteiger partial charge in [0.05, 0.1) is 33.8 Å². The molecule has 0 aliphatic rings. The third-order valence-electron chi connectivity index (χ3n) is 10.9. The molecule has 0 aliphatic carbocycles. The molecule has 0 fully saturated rings. The second-order valence-corrected chi connectivity index (χ2v) is 14.2. The van der Waals surface area contributed by atoms with Gasteiger partial charge >= 0.3 is 5.97 Å². The Hall–Kier alpha value is -8.64. The van der Waals surface area contributed by atoms with Crippen LogP contribution in [0.1, 0.15) is 10.4 Å². The van der Waals surface area contributed by atoms with Crippen LogP contribution in [0.15, 0.2) is 169 Å². The lowest BCUT2D eigenvalue weighted by molar-refractivity contribution is 0.0735. The molecule has 12 rings (SSSR count). The molecular weight excluding hydrogens is 751 g/mol. The number of para-hydroxylation sites is 2. The average Bonchev–Trinajstić information content (AvgIpc) is 3.97. The number of aromatic nitrogens is 9. The van der Waals surface area contributed by atoms with Gasteiger partial charge < -0.3 is 13.7 Å². The summed E-state index contributed by atoms with van der Waals surface area (Å²) in [6.07, 6.45) is 14.1. The number of carbonyl (C=O) groups is 1. The normalized spacial score (nSPS) is 11.7. The number of pyridine rings is 5. The lowest BCUT2D eigenvalue weighted by atomic mass is 10.0. The first-order valence-corrected chi connectivity index (χ1v) is 19.1. The molecule has 0 unspecified atom stereocenters. The van der Waals surface area contributed by atoms with Gasteiger partial charge in [0.15, 0.2) is 11.2 Å². The Morgan fingerprint density at radius 3 is 2.10 bits per heavy atom. The van der Waals surface area contributed by atoms with Crippen LogP contribution in [0.25, 0.3) is 99.8 Å². The van der Waals surface area contributed by atoms with Gasteiger partial charge in [-0.3, -0.25) is 19.5 Å². The van der Waals surface area contributed by atoms with Crippen LogP contribution in [0.5, 0.6) is 5.75 Å². The highest BCUT2D eigenvalue weighted by Crippen LogP contribution is 2.43. The zero-order valence-electron chi connectivity index (χ0n) is 31.3. The van der Waals surface area contributed by atoms with E-state index < -0.39 is 5.97 Å². The van der Waals surface area contributed by atoms with Gasteiger partial charge in [-0.25, -0.2) is 24.7 Å². The van der Waals surface area contributed by atoms with E-state index in [1.54, 1.807) is 43.0 Å². The topological polar surface area (TPSA) is 140 Å². The number of fused-ring (bicyclic) bond motifs is 9. The summed E-state index contributed by atoms with van der Waals surface area (Å²) in [5, 5.41) is 3.46. The highest BCUT2D eigenvalue weighted by Gasteiger charge is 2.29. The summed E-state index contributed by atoms with van der Waals surface area (Å²) in [4.78, 5) is 47.9. The smallest absolute Gasteiger partial charge is 0.347 e. The molecule has 0 atom stereocenters. The van der Waals surface area contributed by atoms with Crippen molar-refractivity contribution in [2.75, 3.05) is 0 Å². The van der Waals surface area contributed by atoms with Gasteiger partial charge in [0.2, 0.25) is 0 Å². The molecule has 0 aliphatic heterocycles. The van der Waals surface area contributed by atoms with Crippen LogP contribution in [0.4, 0.5) is 0 Å². The lowest BCUT2D eigenvalue weighted by Gasteiger charge is -2.14. The van der Waals surface area contributed by atoms with Crippen molar-refractivity contribution < 1.29 is 13.9 Å². The second kappa shape index (κ2) is 13.2. The number of ether oxygens (including phenoxy) is 1. The van der Waals surface area contributed by atoms with Crippen molar-refractivity contribution in [3.05, 3.63) is 171 Å². The molecule has 12 aromatic rings. The van der Waals surface area contributed by atoms with Crippen molar-refractivity contribution in [2.24, 2.45) is 0 Å². The predicted octanol–water partition coefficient (Wildman–Crippen LogP) is 10.1. The maximum atomic E-state index is 14.5. The van der Waals surface area contributed by atoms with Gasteiger partial charge in [0, 0.05) is 64.6 Å². The van der Waals surface area contributed by atoms with Crippen molar-refractivity contribution >= 4 is 71.9 Å². The highest BCUT2D eigenvalue weighted by atomic mass is 16.5. The molecule has 3 aromatic carbocycles. The van der Waals surface area contributed by atoms with E-state index >= 15 is 0 Å². The minimum Gasteiger partial charge on any atom is -0.449 e. The number of furan rings is 1. The zero-order chi connectivity index (χ0) is 39.7. The van der Waals surface area contributed by atoms with E-state index in [0.29, 0.717) is 45.1 Å². The maximum Gasteiger partial charge on any atom is 0.347 e. The first kappa shape index (κ1) is 33.5. The Morgan fingerprint density at radius 1 is 0.600 bits per heavy atom. The number of rotatable bonds is 6. The zero-order valence-corrected chi connectivity index (χ0v) is 31.3. The minimum atomic E-state index is -0.635. The summed E-state index contributed by atoms with van der Waals surface area (Å²) in [7, 11) is 0. The van der Waals surface area contributed by atoms with Gasteiger partial charge in [0.1, 0.15) is 45.7 Å². The number of esters is 1. The first-order valence-electron chi connectivity index (χ1n) is 19.1. The summed E-state index contributed by atoms with van der Waals surface area (Å²) in [5.74, 6) is -0.257. The van der Waals surface area contributed by atoms with Crippen LogP contribution < -0.4 is 4.74 Å². The van der Waals surface area contributed by atoms with E-state index in [-0.39, 0.29) is 11.1 Å². The molecule has 9 aromatic heterocycles. The summed E-state index contributed by atoms with van der Waals surface area (Å²) in [6, 6.07) is 36.5. The third kappa shape index (κ3) is 5.04. The fourth-order valence-electron chi connectivity index (χ4n) is 8.29. The van der Waals surface area contributed by atoms with Crippen molar-refractivity contribution in [1.82, 2.24) is 44.0 Å². The quantitative estimate of drug-likeness (QED) is 0.118. The number of hydrogen-bond acceptors (Lipinski definition) is 10. The minimum absolute atomic E-state index is 0.147. The van der Waals surface area contributed by atoms with E-state index in [1.165, 1.54) is 6.33 Å². The Balaban J connectivity index is 1.19. The van der Waals surface area contributed by atoms with Gasteiger partial charge in [-0.1, -0.05) is 66.7 Å². The van der Waals surface area contributed by atoms with Crippen molar-refractivity contribution in [3.63, 3.8) is 0 Å². The van der Waals surface area contributed by atoms with Crippen molar-refractivity contribution in [3.8, 4) is 39.6 Å². The Bertz CT molecular complexity index is 3600. The van der Waals surface area contributed by atoms with Gasteiger partial charge in [-0.15, -0.1) is 0 Å². The molecule has 0 saturated heterocycles. The molecule has 12 heteroatoms. The fraction of sp³-hybridized carbons (Fsp3) is 0. The Morgan fingerprint density at radius 2 is 1.30 bits per heavy atom. The molecule has 0 amide bonds. The number of hydrogen-bond donors (Lipinski definition) is 0. The van der Waals surface area contributed by atoms with Gasteiger partial charge in [0.25, 0.3) is 0 Å². The third-order valence-corrected chi connectivity index (χ3v) is 10.9. The molecule has 12 nitrogen and oxygen atoms in total. The second-order valence-electron chi connectivity index (χ2n) is 14.2. The molecule has 60 heavy (non-hydrogen) atoms. The fourth-order valence-corrected chi connectivity index (χ4v) is 8.29. The van der Waals surface area contributed by atoms with Crippen LogP contribution in [0, 0.1) is 0 Å². The highest BCUT2D eigenvalue weighted by molar-refractivity contribution is 6.17. The summed E-state index contributed by atoms with van der Waals surface area (Å²) in [6.45, 7) is 0. The van der Waals surface area contributed by atoms with E-state index in [2.05, 4.69) is 24.1 Å². The molecule has 0 radical (unpaired) electrons. The largest absolute Gasteiger partial charge is 0.449 e. The van der Waals surface area contributed by atoms with E-state index in [4.69, 9.17) is 29.1 Å². The standard InChI is InChI=1S/C48H27N9O3/c58-48(59-30-14-8-3-9-15-30)32-22-36(41-40-35-24-50-21-18-38(35)56(47(40)54-27-53-41)29-12-6-2-7-13-29)55-43-42-46(60-45(32)43)44(33(25-52-42)28-10-4-1-5-11-28)57-37-17-20-49-23-34(37)31-16-19-51-26-39(31)57/h1-27H. The van der Waals surface area contributed by atoms with Crippen LogP contribution in [0.3, 0.4) is 0 Å². The molecule has 9 heterocycles. The van der Waals surface area contributed by atoms with Gasteiger partial charge in [-0.2, -0.15) is 0 Å². The van der Waals surface area contributed by atoms with E-state index in [9.17, 15) is 4.79 Å². The first-order chi connectivity index (χ1) is 29.7. The van der Waals surface area contributed by atoms with Crippen molar-refractivity contribution in [2.45, 2.75) is 0 Å². The lowest BCUT2D eigenvalue weighted by Crippen LogP contribution is -2.10. The number of nitrogens with zero attached hydrogens (tertiary/aromatic N) is 9. The number of carbonyl (C=O) groups excluding carboxylic acids is 1. The molecule has 0 bridgehead atoms. The summed E-state index contributed by atoms with van der Waals surface area (Å²) in [5.41, 5.74) is 9.11. The van der Waals surface area contributed by atoms with Gasteiger partial charge in [-0.05, 0) is 54.1 Å². The average molecular weight is 778 g/mol. The maximum absolute atomic E-state index is 14.5. The van der Waals surface area contributed by atoms with Crippen LogP contribution in [-0.2, 0) is 0 Å². The molecule has 0 saturated carbocycles. The summed E-state index contributed by atoms with van der Waals surface area (Å²) >= 11 is 0. The van der Waals surface area contributed by atoms with Crippen molar-refractivity contribution in [1.29, 1.82) is 0 Å². The monoisotopic (exact) mass is 777 g/mol. The Kier molecular flexibility index (Phi) is 7.38. The SMILES string of the molecule is O=C(Oc1ccccc1)c1cc(-c2ncnc3c2c2cnccc2n3-c2ccccc2)nc2c1oc1c(-n3c4ccncc4c4ccncc43)c(-c3ccccc3)cnc12.